The molecule has 3 N–H and O–H groups in total. The number of pyridine rings is 2. The van der Waals surface area contributed by atoms with Crippen LogP contribution in [0.15, 0.2) is 55.0 Å². The van der Waals surface area contributed by atoms with E-state index in [2.05, 4.69) is 27.1 Å². The summed E-state index contributed by atoms with van der Waals surface area (Å²) in [5, 5.41) is 2.34. The highest BCUT2D eigenvalue weighted by Crippen LogP contribution is 2.41. The maximum Gasteiger partial charge on any atom is 0.248 e. The Morgan fingerprint density at radius 2 is 1.74 bits per heavy atom. The molecule has 6 rings (SSSR count). The van der Waals surface area contributed by atoms with Crippen molar-refractivity contribution in [2.45, 2.75) is 63.7 Å². The van der Waals surface area contributed by atoms with Crippen molar-refractivity contribution in [1.29, 1.82) is 0 Å². The monoisotopic (exact) mass is 524 g/mol. The molecule has 4 aromatic rings. The number of fused-ring (bicyclic) bond motifs is 3. The number of rotatable bonds is 8. The van der Waals surface area contributed by atoms with Crippen LogP contribution in [0.1, 0.15) is 79.6 Å². The molecule has 7 nitrogen and oxygen atoms in total. The number of benzene rings is 1. The Labute approximate surface area is 228 Å². The standard InChI is InChI=1S/C32H36N4O3/c33-31(38)24-8-10-25(11-9-24)39-19-21-3-1-2-20(16-21)17-29(37)23-6-4-22(5-7-23)26-12-14-34-28-18-36-32-27(30(26)28)13-15-35-32/h8-15,18,20-23H,1-7,16-17,19H2,(H2,33,38)(H,35,36). The molecule has 0 radical (unpaired) electrons. The molecule has 0 aliphatic heterocycles. The SMILES string of the molecule is NC(=O)c1ccc(OCC2CCCC(CC(=O)C3CCC(c4ccnc5cnc6[nH]ccc6c45)CC3)C2)cc1. The topological polar surface area (TPSA) is 111 Å². The third-order valence-corrected chi connectivity index (χ3v) is 8.95. The molecule has 1 amide bonds. The molecule has 202 valence electrons. The van der Waals surface area contributed by atoms with Crippen LogP contribution in [0, 0.1) is 17.8 Å². The molecule has 2 atom stereocenters. The van der Waals surface area contributed by atoms with Gasteiger partial charge in [-0.3, -0.25) is 14.6 Å². The van der Waals surface area contributed by atoms with Crippen molar-refractivity contribution in [3.05, 3.63) is 66.1 Å². The number of H-pyrrole nitrogens is 1. The molecule has 2 fully saturated rings. The molecule has 39 heavy (non-hydrogen) atoms. The average molecular weight is 525 g/mol. The fraction of sp³-hybridized carbons (Fsp3) is 0.438. The number of aromatic amines is 1. The summed E-state index contributed by atoms with van der Waals surface area (Å²) in [5.74, 6) is 2.33. The highest BCUT2D eigenvalue weighted by atomic mass is 16.5. The number of nitrogens with zero attached hydrogens (tertiary/aromatic N) is 2. The van der Waals surface area contributed by atoms with Gasteiger partial charge in [0, 0.05) is 41.1 Å². The van der Waals surface area contributed by atoms with Gasteiger partial charge in [-0.15, -0.1) is 0 Å². The number of aromatic nitrogens is 3. The summed E-state index contributed by atoms with van der Waals surface area (Å²) in [6, 6.07) is 11.2. The smallest absolute Gasteiger partial charge is 0.248 e. The van der Waals surface area contributed by atoms with Gasteiger partial charge in [0.05, 0.1) is 18.3 Å². The minimum absolute atomic E-state index is 0.184. The van der Waals surface area contributed by atoms with Crippen LogP contribution in [0.25, 0.3) is 21.9 Å². The number of Topliss-reactive ketones (excluding diaryl/α,β-unsaturated/α-hetero) is 1. The van der Waals surface area contributed by atoms with Gasteiger partial charge < -0.3 is 15.5 Å². The molecular weight excluding hydrogens is 488 g/mol. The zero-order valence-corrected chi connectivity index (χ0v) is 22.3. The minimum atomic E-state index is -0.434. The molecule has 2 saturated carbocycles. The largest absolute Gasteiger partial charge is 0.493 e. The van der Waals surface area contributed by atoms with E-state index in [-0.39, 0.29) is 5.92 Å². The summed E-state index contributed by atoms with van der Waals surface area (Å²) in [4.78, 5) is 36.9. The Kier molecular flexibility index (Phi) is 7.31. The minimum Gasteiger partial charge on any atom is -0.493 e. The van der Waals surface area contributed by atoms with Crippen molar-refractivity contribution >= 4 is 33.6 Å². The maximum atomic E-state index is 13.3. The van der Waals surface area contributed by atoms with Crippen LogP contribution in [0.4, 0.5) is 0 Å². The number of nitrogens with two attached hydrogens (primary N) is 1. The molecule has 7 heteroatoms. The predicted octanol–water partition coefficient (Wildman–Crippen LogP) is 6.33. The van der Waals surface area contributed by atoms with E-state index in [1.165, 1.54) is 10.9 Å². The lowest BCUT2D eigenvalue weighted by Gasteiger charge is -2.32. The van der Waals surface area contributed by atoms with Gasteiger partial charge in [-0.1, -0.05) is 6.42 Å². The summed E-state index contributed by atoms with van der Waals surface area (Å²) in [6.07, 6.45) is 14.9. The molecule has 3 aromatic heterocycles. The maximum absolute atomic E-state index is 13.3. The number of hydrogen-bond donors (Lipinski definition) is 2. The van der Waals surface area contributed by atoms with E-state index in [1.54, 1.807) is 24.3 Å². The second kappa shape index (κ2) is 11.2. The van der Waals surface area contributed by atoms with Gasteiger partial charge in [-0.2, -0.15) is 0 Å². The Morgan fingerprint density at radius 1 is 0.949 bits per heavy atom. The number of primary amides is 1. The first kappa shape index (κ1) is 25.5. The summed E-state index contributed by atoms with van der Waals surface area (Å²) >= 11 is 0. The fourth-order valence-electron chi connectivity index (χ4n) is 6.87. The number of hydrogen-bond acceptors (Lipinski definition) is 5. The van der Waals surface area contributed by atoms with Crippen LogP contribution < -0.4 is 10.5 Å². The first-order valence-corrected chi connectivity index (χ1v) is 14.3. The first-order chi connectivity index (χ1) is 19.0. The van der Waals surface area contributed by atoms with Crippen molar-refractivity contribution in [1.82, 2.24) is 15.0 Å². The van der Waals surface area contributed by atoms with Crippen molar-refractivity contribution in [3.63, 3.8) is 0 Å². The highest BCUT2D eigenvalue weighted by molar-refractivity contribution is 6.05. The molecule has 0 spiro atoms. The number of ether oxygens (including phenoxy) is 1. The van der Waals surface area contributed by atoms with Crippen LogP contribution in [0.5, 0.6) is 5.75 Å². The van der Waals surface area contributed by atoms with Gasteiger partial charge in [0.15, 0.2) is 0 Å². The Morgan fingerprint density at radius 3 is 2.54 bits per heavy atom. The lowest BCUT2D eigenvalue weighted by molar-refractivity contribution is -0.125. The highest BCUT2D eigenvalue weighted by Gasteiger charge is 2.31. The van der Waals surface area contributed by atoms with Gasteiger partial charge in [-0.25, -0.2) is 4.98 Å². The fourth-order valence-corrected chi connectivity index (χ4v) is 6.87. The average Bonchev–Trinajstić information content (AvgIpc) is 3.46. The van der Waals surface area contributed by atoms with Gasteiger partial charge in [0.1, 0.15) is 17.2 Å². The second-order valence-corrected chi connectivity index (χ2v) is 11.5. The van der Waals surface area contributed by atoms with Crippen molar-refractivity contribution in [3.8, 4) is 5.75 Å². The number of ketones is 1. The van der Waals surface area contributed by atoms with Crippen molar-refractivity contribution in [2.75, 3.05) is 6.61 Å². The van der Waals surface area contributed by atoms with E-state index in [4.69, 9.17) is 10.5 Å². The summed E-state index contributed by atoms with van der Waals surface area (Å²) in [5.41, 5.74) is 8.99. The first-order valence-electron chi connectivity index (χ1n) is 14.3. The van der Waals surface area contributed by atoms with E-state index in [0.29, 0.717) is 42.1 Å². The molecule has 2 aliphatic carbocycles. The van der Waals surface area contributed by atoms with Crippen molar-refractivity contribution in [2.24, 2.45) is 23.5 Å². The predicted molar refractivity (Wildman–Crippen MR) is 152 cm³/mol. The van der Waals surface area contributed by atoms with Crippen molar-refractivity contribution < 1.29 is 14.3 Å². The quantitative estimate of drug-likeness (QED) is 0.280. The van der Waals surface area contributed by atoms with E-state index in [1.807, 2.05) is 18.6 Å². The lowest BCUT2D eigenvalue weighted by atomic mass is 9.73. The van der Waals surface area contributed by atoms with E-state index < -0.39 is 5.91 Å². The summed E-state index contributed by atoms with van der Waals surface area (Å²) < 4.78 is 6.01. The van der Waals surface area contributed by atoms with Crippen LogP contribution in [-0.2, 0) is 4.79 Å². The molecule has 0 saturated heterocycles. The number of nitrogens with one attached hydrogen (secondary N) is 1. The van der Waals surface area contributed by atoms with Crippen LogP contribution in [0.2, 0.25) is 0 Å². The zero-order chi connectivity index (χ0) is 26.8. The number of amides is 1. The molecule has 0 bridgehead atoms. The molecule has 1 aromatic carbocycles. The lowest BCUT2D eigenvalue weighted by Crippen LogP contribution is -2.27. The van der Waals surface area contributed by atoms with E-state index in [9.17, 15) is 9.59 Å². The van der Waals surface area contributed by atoms with Gasteiger partial charge in [0.25, 0.3) is 0 Å². The Hall–Kier alpha value is -3.74. The Bertz CT molecular complexity index is 1470. The van der Waals surface area contributed by atoms with Gasteiger partial charge >= 0.3 is 0 Å². The van der Waals surface area contributed by atoms with Crippen LogP contribution in [0.3, 0.4) is 0 Å². The number of carbonyl (C=O) groups is 2. The summed E-state index contributed by atoms with van der Waals surface area (Å²) in [7, 11) is 0. The van der Waals surface area contributed by atoms with Crippen LogP contribution >= 0.6 is 0 Å². The molecular formula is C32H36N4O3. The molecule has 2 aliphatic rings. The van der Waals surface area contributed by atoms with E-state index in [0.717, 1.165) is 73.7 Å². The van der Waals surface area contributed by atoms with E-state index >= 15 is 0 Å². The molecule has 3 heterocycles. The zero-order valence-electron chi connectivity index (χ0n) is 22.3. The van der Waals surface area contributed by atoms with Gasteiger partial charge in [0.2, 0.25) is 5.91 Å². The summed E-state index contributed by atoms with van der Waals surface area (Å²) in [6.45, 7) is 0.648. The Balaban J connectivity index is 1.02. The normalized spacial score (nSPS) is 23.6. The third kappa shape index (κ3) is 5.54. The second-order valence-electron chi connectivity index (χ2n) is 11.5. The van der Waals surface area contributed by atoms with Gasteiger partial charge in [-0.05, 0) is 105 Å². The van der Waals surface area contributed by atoms with Crippen LogP contribution in [-0.4, -0.2) is 33.2 Å². The number of carbonyl (C=O) groups excluding carboxylic acids is 2. The molecule has 2 unspecified atom stereocenters. The third-order valence-electron chi connectivity index (χ3n) is 8.95.